The fourth-order valence-electron chi connectivity index (χ4n) is 2.47. The summed E-state index contributed by atoms with van der Waals surface area (Å²) in [4.78, 5) is 25.0. The number of hydrogen-bond donors (Lipinski definition) is 1. The highest BCUT2D eigenvalue weighted by molar-refractivity contribution is 9.10. The molecule has 0 saturated heterocycles. The number of aromatic nitrogens is 2. The maximum atomic E-state index is 12.6. The molecule has 1 aliphatic rings. The predicted molar refractivity (Wildman–Crippen MR) is 87.7 cm³/mol. The third-order valence-corrected chi connectivity index (χ3v) is 4.26. The van der Waals surface area contributed by atoms with E-state index in [0.717, 1.165) is 28.7 Å². The summed E-state index contributed by atoms with van der Waals surface area (Å²) in [5, 5.41) is 13.4. The van der Waals surface area contributed by atoms with Crippen LogP contribution in [0.1, 0.15) is 29.0 Å². The second-order valence-corrected chi connectivity index (χ2v) is 6.53. The average molecular weight is 378 g/mol. The zero-order valence-corrected chi connectivity index (χ0v) is 14.2. The first kappa shape index (κ1) is 15.7. The second-order valence-electron chi connectivity index (χ2n) is 5.62. The fourth-order valence-corrected chi connectivity index (χ4v) is 2.73. The minimum Gasteiger partial charge on any atom is -0.480 e. The molecule has 0 atom stereocenters. The van der Waals surface area contributed by atoms with Gasteiger partial charge >= 0.3 is 5.97 Å². The van der Waals surface area contributed by atoms with E-state index in [1.54, 1.807) is 10.7 Å². The van der Waals surface area contributed by atoms with Crippen molar-refractivity contribution in [3.05, 3.63) is 46.2 Å². The van der Waals surface area contributed by atoms with Crippen molar-refractivity contribution < 1.29 is 14.7 Å². The summed E-state index contributed by atoms with van der Waals surface area (Å²) in [7, 11) is 0. The van der Waals surface area contributed by atoms with Gasteiger partial charge in [0.15, 0.2) is 5.69 Å². The van der Waals surface area contributed by atoms with Crippen LogP contribution >= 0.6 is 15.9 Å². The van der Waals surface area contributed by atoms with Crippen molar-refractivity contribution in [1.29, 1.82) is 0 Å². The predicted octanol–water partition coefficient (Wildman–Crippen LogP) is 2.63. The molecule has 1 saturated carbocycles. The molecular formula is C16H16BrN3O3. The lowest BCUT2D eigenvalue weighted by atomic mass is 10.3. The zero-order chi connectivity index (χ0) is 16.6. The molecule has 0 unspecified atom stereocenters. The van der Waals surface area contributed by atoms with Crippen LogP contribution in [0.5, 0.6) is 0 Å². The number of carboxylic acid groups (broad SMARTS) is 1. The minimum atomic E-state index is -1.01. The van der Waals surface area contributed by atoms with Crippen molar-refractivity contribution in [2.75, 3.05) is 6.54 Å². The Morgan fingerprint density at radius 3 is 2.57 bits per heavy atom. The number of carboxylic acids is 1. The number of aryl methyl sites for hydroxylation is 1. The number of hydrogen-bond acceptors (Lipinski definition) is 3. The van der Waals surface area contributed by atoms with E-state index in [-0.39, 0.29) is 24.2 Å². The van der Waals surface area contributed by atoms with Gasteiger partial charge in [0.05, 0.1) is 5.69 Å². The van der Waals surface area contributed by atoms with Gasteiger partial charge < -0.3 is 10.0 Å². The third-order valence-electron chi connectivity index (χ3n) is 3.73. The highest BCUT2D eigenvalue weighted by Crippen LogP contribution is 2.28. The molecule has 23 heavy (non-hydrogen) atoms. The summed E-state index contributed by atoms with van der Waals surface area (Å²) in [6.07, 6.45) is 1.71. The number of benzene rings is 1. The van der Waals surface area contributed by atoms with Crippen LogP contribution in [0.15, 0.2) is 34.8 Å². The normalized spacial score (nSPS) is 13.8. The molecule has 1 heterocycles. The van der Waals surface area contributed by atoms with Crippen LogP contribution in [-0.4, -0.2) is 44.3 Å². The summed E-state index contributed by atoms with van der Waals surface area (Å²) in [6.45, 7) is 1.58. The lowest BCUT2D eigenvalue weighted by Gasteiger charge is -2.18. The molecule has 0 aliphatic heterocycles. The Bertz CT molecular complexity index is 750. The van der Waals surface area contributed by atoms with Crippen LogP contribution in [0.4, 0.5) is 0 Å². The lowest BCUT2D eigenvalue weighted by Crippen LogP contribution is -2.37. The van der Waals surface area contributed by atoms with Crippen LogP contribution in [0, 0.1) is 6.92 Å². The molecule has 6 nitrogen and oxygen atoms in total. The number of carbonyl (C=O) groups excluding carboxylic acids is 1. The molecule has 0 spiro atoms. The van der Waals surface area contributed by atoms with Crippen molar-refractivity contribution in [2.24, 2.45) is 0 Å². The molecule has 1 fully saturated rings. The summed E-state index contributed by atoms with van der Waals surface area (Å²) in [5.41, 5.74) is 1.95. The van der Waals surface area contributed by atoms with E-state index in [4.69, 9.17) is 5.11 Å². The molecule has 1 aromatic heterocycles. The Hall–Kier alpha value is -2.15. The molecule has 120 valence electrons. The van der Waals surface area contributed by atoms with Gasteiger partial charge in [-0.25, -0.2) is 4.68 Å². The second kappa shape index (κ2) is 6.16. The maximum Gasteiger partial charge on any atom is 0.323 e. The standard InChI is InChI=1S/C16H16BrN3O3/c1-10-8-14(16(23)19(9-15(21)22)12-6-7-12)18-20(10)13-4-2-11(17)3-5-13/h2-5,8,12H,6-7,9H2,1H3,(H,21,22). The zero-order valence-electron chi connectivity index (χ0n) is 12.6. The van der Waals surface area contributed by atoms with Crippen LogP contribution in [0.3, 0.4) is 0 Å². The van der Waals surface area contributed by atoms with E-state index in [1.165, 1.54) is 4.90 Å². The number of carbonyl (C=O) groups is 2. The van der Waals surface area contributed by atoms with Gasteiger partial charge in [0.25, 0.3) is 5.91 Å². The molecule has 2 aromatic rings. The van der Waals surface area contributed by atoms with E-state index in [9.17, 15) is 9.59 Å². The summed E-state index contributed by atoms with van der Waals surface area (Å²) in [6, 6.07) is 9.32. The number of nitrogens with zero attached hydrogens (tertiary/aromatic N) is 3. The van der Waals surface area contributed by atoms with Gasteiger partial charge in [-0.2, -0.15) is 5.10 Å². The Labute approximate surface area is 141 Å². The summed E-state index contributed by atoms with van der Waals surface area (Å²) < 4.78 is 2.65. The van der Waals surface area contributed by atoms with Gasteiger partial charge in [-0.3, -0.25) is 9.59 Å². The van der Waals surface area contributed by atoms with E-state index >= 15 is 0 Å². The van der Waals surface area contributed by atoms with Gasteiger partial charge in [0.1, 0.15) is 6.54 Å². The number of aliphatic carboxylic acids is 1. The first-order valence-corrected chi connectivity index (χ1v) is 8.10. The first-order valence-electron chi connectivity index (χ1n) is 7.31. The highest BCUT2D eigenvalue weighted by atomic mass is 79.9. The van der Waals surface area contributed by atoms with E-state index in [2.05, 4.69) is 21.0 Å². The van der Waals surface area contributed by atoms with E-state index < -0.39 is 5.97 Å². The van der Waals surface area contributed by atoms with Crippen LogP contribution in [-0.2, 0) is 4.79 Å². The van der Waals surface area contributed by atoms with Gasteiger partial charge in [0.2, 0.25) is 0 Å². The molecule has 0 radical (unpaired) electrons. The minimum absolute atomic E-state index is 0.0248. The van der Waals surface area contributed by atoms with Crippen LogP contribution in [0.25, 0.3) is 5.69 Å². The van der Waals surface area contributed by atoms with Crippen molar-refractivity contribution in [3.63, 3.8) is 0 Å². The molecule has 0 bridgehead atoms. The Morgan fingerprint density at radius 2 is 2.00 bits per heavy atom. The van der Waals surface area contributed by atoms with E-state index in [0.29, 0.717) is 0 Å². The first-order chi connectivity index (χ1) is 11.0. The van der Waals surface area contributed by atoms with Gasteiger partial charge in [-0.1, -0.05) is 15.9 Å². The number of halogens is 1. The van der Waals surface area contributed by atoms with Gasteiger partial charge in [-0.05, 0) is 50.1 Å². The SMILES string of the molecule is Cc1cc(C(=O)N(CC(=O)O)C2CC2)nn1-c1ccc(Br)cc1. The Balaban J connectivity index is 1.88. The Kier molecular flexibility index (Phi) is 4.21. The molecule has 7 heteroatoms. The third kappa shape index (κ3) is 3.44. The molecule has 3 rings (SSSR count). The van der Waals surface area contributed by atoms with Crippen molar-refractivity contribution in [1.82, 2.24) is 14.7 Å². The maximum absolute atomic E-state index is 12.6. The largest absolute Gasteiger partial charge is 0.480 e. The van der Waals surface area contributed by atoms with Gasteiger partial charge in [0, 0.05) is 16.2 Å². The lowest BCUT2D eigenvalue weighted by molar-refractivity contribution is -0.137. The number of amides is 1. The van der Waals surface area contributed by atoms with Crippen molar-refractivity contribution >= 4 is 27.8 Å². The smallest absolute Gasteiger partial charge is 0.323 e. The molecule has 1 aromatic carbocycles. The average Bonchev–Trinajstić information content (AvgIpc) is 3.27. The number of rotatable bonds is 5. The van der Waals surface area contributed by atoms with Crippen LogP contribution in [0.2, 0.25) is 0 Å². The molecule has 1 N–H and O–H groups in total. The van der Waals surface area contributed by atoms with Crippen molar-refractivity contribution in [2.45, 2.75) is 25.8 Å². The fraction of sp³-hybridized carbons (Fsp3) is 0.312. The molecular weight excluding hydrogens is 362 g/mol. The quantitative estimate of drug-likeness (QED) is 0.868. The highest BCUT2D eigenvalue weighted by Gasteiger charge is 2.35. The van der Waals surface area contributed by atoms with Crippen LogP contribution < -0.4 is 0 Å². The van der Waals surface area contributed by atoms with Crippen molar-refractivity contribution in [3.8, 4) is 5.69 Å². The summed E-state index contributed by atoms with van der Waals surface area (Å²) >= 11 is 3.38. The van der Waals surface area contributed by atoms with E-state index in [1.807, 2.05) is 31.2 Å². The molecule has 1 aliphatic carbocycles. The Morgan fingerprint density at radius 1 is 1.35 bits per heavy atom. The summed E-state index contributed by atoms with van der Waals surface area (Å²) in [5.74, 6) is -1.33. The molecule has 1 amide bonds. The topological polar surface area (TPSA) is 75.4 Å². The monoisotopic (exact) mass is 377 g/mol. The van der Waals surface area contributed by atoms with Gasteiger partial charge in [-0.15, -0.1) is 0 Å².